The summed E-state index contributed by atoms with van der Waals surface area (Å²) in [7, 11) is 4.02. The molecule has 0 amide bonds. The van der Waals surface area contributed by atoms with Crippen molar-refractivity contribution < 1.29 is 0 Å². The van der Waals surface area contributed by atoms with Crippen LogP contribution < -0.4 is 15.5 Å². The first kappa shape index (κ1) is 14.7. The topological polar surface area (TPSA) is 53.1 Å². The summed E-state index contributed by atoms with van der Waals surface area (Å²) in [5, 5.41) is 6.50. The fourth-order valence-electron chi connectivity index (χ4n) is 1.62. The van der Waals surface area contributed by atoms with Gasteiger partial charge < -0.3 is 15.5 Å². The van der Waals surface area contributed by atoms with E-state index in [0.717, 1.165) is 31.1 Å². The molecule has 1 aromatic rings. The van der Waals surface area contributed by atoms with Gasteiger partial charge in [-0.2, -0.15) is 0 Å². The minimum Gasteiger partial charge on any atom is -0.365 e. The molecule has 0 radical (unpaired) electrons. The summed E-state index contributed by atoms with van der Waals surface area (Å²) in [4.78, 5) is 10.7. The van der Waals surface area contributed by atoms with Gasteiger partial charge in [0, 0.05) is 25.2 Å². The molecular formula is C13H25N5. The first-order valence-corrected chi connectivity index (χ1v) is 6.38. The van der Waals surface area contributed by atoms with Gasteiger partial charge in [0.1, 0.15) is 18.0 Å². The van der Waals surface area contributed by atoms with Gasteiger partial charge in [-0.15, -0.1) is 0 Å². The summed E-state index contributed by atoms with van der Waals surface area (Å²) < 4.78 is 0. The molecule has 0 unspecified atom stereocenters. The van der Waals surface area contributed by atoms with Crippen LogP contribution in [0.15, 0.2) is 12.4 Å². The van der Waals surface area contributed by atoms with E-state index in [0.29, 0.717) is 0 Å². The molecule has 0 fully saturated rings. The van der Waals surface area contributed by atoms with Crippen LogP contribution in [0.2, 0.25) is 0 Å². The second kappa shape index (κ2) is 6.54. The predicted molar refractivity (Wildman–Crippen MR) is 77.2 cm³/mol. The molecule has 0 aliphatic rings. The van der Waals surface area contributed by atoms with E-state index in [9.17, 15) is 0 Å². The Labute approximate surface area is 110 Å². The monoisotopic (exact) mass is 251 g/mol. The molecule has 0 aliphatic heterocycles. The van der Waals surface area contributed by atoms with Gasteiger partial charge in [-0.25, -0.2) is 9.97 Å². The first-order chi connectivity index (χ1) is 8.42. The number of rotatable bonds is 6. The Morgan fingerprint density at radius 2 is 2.00 bits per heavy atom. The molecule has 18 heavy (non-hydrogen) atoms. The Morgan fingerprint density at radius 3 is 2.61 bits per heavy atom. The second-order valence-corrected chi connectivity index (χ2v) is 5.52. The smallest absolute Gasteiger partial charge is 0.133 e. The number of nitrogens with one attached hydrogen (secondary N) is 2. The molecule has 0 aromatic carbocycles. The number of hydrogen-bond donors (Lipinski definition) is 2. The SMILES string of the molecule is CNCCCN(C)c1cc(NC(C)(C)C)ncn1. The molecule has 5 nitrogen and oxygen atoms in total. The maximum absolute atomic E-state index is 4.30. The molecule has 1 heterocycles. The highest BCUT2D eigenvalue weighted by molar-refractivity contribution is 5.48. The normalized spacial score (nSPS) is 11.4. The number of nitrogens with zero attached hydrogens (tertiary/aromatic N) is 3. The Morgan fingerprint density at radius 1 is 1.28 bits per heavy atom. The second-order valence-electron chi connectivity index (χ2n) is 5.52. The highest BCUT2D eigenvalue weighted by Crippen LogP contribution is 2.16. The van der Waals surface area contributed by atoms with Crippen LogP contribution in [0.5, 0.6) is 0 Å². The minimum absolute atomic E-state index is 0.0102. The maximum atomic E-state index is 4.30. The van der Waals surface area contributed by atoms with E-state index < -0.39 is 0 Å². The average molecular weight is 251 g/mol. The van der Waals surface area contributed by atoms with Crippen molar-refractivity contribution in [1.82, 2.24) is 15.3 Å². The molecule has 2 N–H and O–H groups in total. The maximum Gasteiger partial charge on any atom is 0.133 e. The van der Waals surface area contributed by atoms with Gasteiger partial charge in [0.15, 0.2) is 0 Å². The Balaban J connectivity index is 2.63. The third kappa shape index (κ3) is 5.31. The van der Waals surface area contributed by atoms with Crippen LogP contribution in [-0.2, 0) is 0 Å². The highest BCUT2D eigenvalue weighted by atomic mass is 15.2. The molecular weight excluding hydrogens is 226 g/mol. The highest BCUT2D eigenvalue weighted by Gasteiger charge is 2.11. The van der Waals surface area contributed by atoms with Crippen molar-refractivity contribution in [2.75, 3.05) is 37.4 Å². The Bertz CT molecular complexity index is 359. The van der Waals surface area contributed by atoms with Crippen LogP contribution in [0.3, 0.4) is 0 Å². The Kier molecular flexibility index (Phi) is 5.34. The van der Waals surface area contributed by atoms with Crippen molar-refractivity contribution in [3.63, 3.8) is 0 Å². The van der Waals surface area contributed by atoms with Gasteiger partial charge in [0.2, 0.25) is 0 Å². The fraction of sp³-hybridized carbons (Fsp3) is 0.692. The minimum atomic E-state index is 0.0102. The molecule has 0 atom stereocenters. The molecule has 0 saturated heterocycles. The van der Waals surface area contributed by atoms with Crippen LogP contribution in [0, 0.1) is 0 Å². The van der Waals surface area contributed by atoms with E-state index in [2.05, 4.69) is 53.3 Å². The number of anilines is 2. The van der Waals surface area contributed by atoms with E-state index in [1.165, 1.54) is 0 Å². The van der Waals surface area contributed by atoms with E-state index in [1.807, 2.05) is 13.1 Å². The van der Waals surface area contributed by atoms with Crippen LogP contribution in [-0.4, -0.2) is 42.7 Å². The van der Waals surface area contributed by atoms with Gasteiger partial charge in [0.05, 0.1) is 0 Å². The predicted octanol–water partition coefficient (Wildman–Crippen LogP) is 1.73. The van der Waals surface area contributed by atoms with Crippen molar-refractivity contribution in [2.45, 2.75) is 32.7 Å². The quantitative estimate of drug-likeness (QED) is 0.754. The van der Waals surface area contributed by atoms with Crippen molar-refractivity contribution in [2.24, 2.45) is 0 Å². The van der Waals surface area contributed by atoms with E-state index in [-0.39, 0.29) is 5.54 Å². The summed E-state index contributed by atoms with van der Waals surface area (Å²) in [6.07, 6.45) is 2.71. The van der Waals surface area contributed by atoms with Crippen molar-refractivity contribution in [3.8, 4) is 0 Å². The lowest BCUT2D eigenvalue weighted by Gasteiger charge is -2.23. The number of hydrogen-bond acceptors (Lipinski definition) is 5. The lowest BCUT2D eigenvalue weighted by Crippen LogP contribution is -2.27. The Hall–Kier alpha value is -1.36. The van der Waals surface area contributed by atoms with Crippen molar-refractivity contribution in [1.29, 1.82) is 0 Å². The van der Waals surface area contributed by atoms with Gasteiger partial charge in [-0.3, -0.25) is 0 Å². The van der Waals surface area contributed by atoms with Crippen LogP contribution >= 0.6 is 0 Å². The standard InChI is InChI=1S/C13H25N5/c1-13(2,3)17-11-9-12(16-10-15-11)18(5)8-6-7-14-4/h9-10,14H,6-8H2,1-5H3,(H,15,16,17). The molecule has 102 valence electrons. The molecule has 0 bridgehead atoms. The third-order valence-electron chi connectivity index (χ3n) is 2.47. The van der Waals surface area contributed by atoms with E-state index in [1.54, 1.807) is 6.33 Å². The van der Waals surface area contributed by atoms with Gasteiger partial charge in [-0.05, 0) is 40.8 Å². The molecule has 1 aromatic heterocycles. The zero-order chi connectivity index (χ0) is 13.6. The van der Waals surface area contributed by atoms with Crippen molar-refractivity contribution in [3.05, 3.63) is 12.4 Å². The molecule has 0 saturated carbocycles. The molecule has 0 aliphatic carbocycles. The average Bonchev–Trinajstić information content (AvgIpc) is 2.27. The van der Waals surface area contributed by atoms with E-state index in [4.69, 9.17) is 0 Å². The summed E-state index contributed by atoms with van der Waals surface area (Å²) in [6, 6.07) is 1.99. The molecule has 1 rings (SSSR count). The third-order valence-corrected chi connectivity index (χ3v) is 2.47. The molecule has 5 heteroatoms. The van der Waals surface area contributed by atoms with E-state index >= 15 is 0 Å². The summed E-state index contributed by atoms with van der Waals surface area (Å²) in [5.74, 6) is 1.82. The van der Waals surface area contributed by atoms with Gasteiger partial charge in [0.25, 0.3) is 0 Å². The number of aromatic nitrogens is 2. The van der Waals surface area contributed by atoms with Crippen molar-refractivity contribution >= 4 is 11.6 Å². The summed E-state index contributed by atoms with van der Waals surface area (Å²) >= 11 is 0. The van der Waals surface area contributed by atoms with Crippen LogP contribution in [0.1, 0.15) is 27.2 Å². The van der Waals surface area contributed by atoms with Crippen LogP contribution in [0.25, 0.3) is 0 Å². The zero-order valence-corrected chi connectivity index (χ0v) is 12.1. The summed E-state index contributed by atoms with van der Waals surface area (Å²) in [5.41, 5.74) is 0.0102. The van der Waals surface area contributed by atoms with Gasteiger partial charge in [-0.1, -0.05) is 0 Å². The largest absolute Gasteiger partial charge is 0.365 e. The van der Waals surface area contributed by atoms with Crippen LogP contribution in [0.4, 0.5) is 11.6 Å². The summed E-state index contributed by atoms with van der Waals surface area (Å²) in [6.45, 7) is 8.34. The molecule has 0 spiro atoms. The first-order valence-electron chi connectivity index (χ1n) is 6.38. The fourth-order valence-corrected chi connectivity index (χ4v) is 1.62. The van der Waals surface area contributed by atoms with Gasteiger partial charge >= 0.3 is 0 Å². The zero-order valence-electron chi connectivity index (χ0n) is 12.1. The lowest BCUT2D eigenvalue weighted by molar-refractivity contribution is 0.629. The lowest BCUT2D eigenvalue weighted by atomic mass is 10.1.